The fourth-order valence-corrected chi connectivity index (χ4v) is 2.64. The lowest BCUT2D eigenvalue weighted by atomic mass is 10.2. The highest BCUT2D eigenvalue weighted by Gasteiger charge is 2.29. The second-order valence-corrected chi connectivity index (χ2v) is 5.99. The molecule has 6 nitrogen and oxygen atoms in total. The zero-order valence-corrected chi connectivity index (χ0v) is 12.7. The molecule has 0 radical (unpaired) electrons. The number of nitrogens with zero attached hydrogens (tertiary/aromatic N) is 2. The van der Waals surface area contributed by atoms with Gasteiger partial charge in [0.25, 0.3) is 0 Å². The predicted molar refractivity (Wildman–Crippen MR) is 81.6 cm³/mol. The first kappa shape index (κ1) is 14.6. The number of rotatable bonds is 5. The summed E-state index contributed by atoms with van der Waals surface area (Å²) in [5, 5.41) is 12.0. The summed E-state index contributed by atoms with van der Waals surface area (Å²) in [7, 11) is 0. The van der Waals surface area contributed by atoms with Gasteiger partial charge in [0.15, 0.2) is 0 Å². The molecule has 22 heavy (non-hydrogen) atoms. The lowest BCUT2D eigenvalue weighted by molar-refractivity contribution is -0.122. The first-order valence-electron chi connectivity index (χ1n) is 7.49. The molecule has 0 unspecified atom stereocenters. The maximum atomic E-state index is 11.8. The number of carbonyl (C=O) groups excluding carboxylic acids is 1. The summed E-state index contributed by atoms with van der Waals surface area (Å²) >= 11 is 0. The van der Waals surface area contributed by atoms with Crippen LogP contribution in [0.5, 0.6) is 0 Å². The van der Waals surface area contributed by atoms with Crippen molar-refractivity contribution in [2.45, 2.75) is 39.3 Å². The number of hydrogen-bond acceptors (Lipinski definition) is 3. The van der Waals surface area contributed by atoms with Gasteiger partial charge in [-0.1, -0.05) is 0 Å². The quantitative estimate of drug-likeness (QED) is 0.887. The lowest BCUT2D eigenvalue weighted by Crippen LogP contribution is -2.26. The Bertz CT molecular complexity index is 744. The Labute approximate surface area is 128 Å². The molecule has 1 aromatic carbocycles. The number of nitrogens with one attached hydrogen (secondary N) is 1. The van der Waals surface area contributed by atoms with Crippen LogP contribution in [0.3, 0.4) is 0 Å². The van der Waals surface area contributed by atoms with Gasteiger partial charge in [-0.2, -0.15) is 0 Å². The van der Waals surface area contributed by atoms with E-state index in [0.29, 0.717) is 12.1 Å². The second kappa shape index (κ2) is 5.44. The number of benzene rings is 1. The summed E-state index contributed by atoms with van der Waals surface area (Å²) in [5.74, 6) is 0.0233. The average Bonchev–Trinajstić information content (AvgIpc) is 3.24. The SMILES string of the molecule is CC(C)n1c(CNC(=O)C2CC2)nc2cc(C(=O)O)ccc21. The Balaban J connectivity index is 1.94. The zero-order chi connectivity index (χ0) is 15.9. The first-order chi connectivity index (χ1) is 10.5. The monoisotopic (exact) mass is 301 g/mol. The smallest absolute Gasteiger partial charge is 0.335 e. The summed E-state index contributed by atoms with van der Waals surface area (Å²) in [6, 6.07) is 5.10. The summed E-state index contributed by atoms with van der Waals surface area (Å²) in [6.45, 7) is 4.45. The largest absolute Gasteiger partial charge is 0.478 e. The van der Waals surface area contributed by atoms with E-state index >= 15 is 0 Å². The summed E-state index contributed by atoms with van der Waals surface area (Å²) < 4.78 is 2.04. The van der Waals surface area contributed by atoms with Crippen molar-refractivity contribution >= 4 is 22.9 Å². The number of aromatic carboxylic acids is 1. The standard InChI is InChI=1S/C16H19N3O3/c1-9(2)19-13-6-5-11(16(21)22)7-12(13)18-14(19)8-17-15(20)10-3-4-10/h5-7,9-10H,3-4,8H2,1-2H3,(H,17,20)(H,21,22). The number of amides is 1. The van der Waals surface area contributed by atoms with E-state index in [1.807, 2.05) is 18.4 Å². The van der Waals surface area contributed by atoms with Crippen molar-refractivity contribution in [1.29, 1.82) is 0 Å². The van der Waals surface area contributed by atoms with Crippen molar-refractivity contribution in [3.63, 3.8) is 0 Å². The van der Waals surface area contributed by atoms with E-state index in [4.69, 9.17) is 5.11 Å². The van der Waals surface area contributed by atoms with Crippen LogP contribution in [0.1, 0.15) is 48.9 Å². The number of carboxylic acid groups (broad SMARTS) is 1. The number of fused-ring (bicyclic) bond motifs is 1. The molecule has 0 atom stereocenters. The molecule has 1 heterocycles. The highest BCUT2D eigenvalue weighted by atomic mass is 16.4. The summed E-state index contributed by atoms with van der Waals surface area (Å²) in [6.07, 6.45) is 1.93. The number of carboxylic acids is 1. The van der Waals surface area contributed by atoms with Gasteiger partial charge in [0.1, 0.15) is 5.82 Å². The van der Waals surface area contributed by atoms with Crippen LogP contribution in [-0.4, -0.2) is 26.5 Å². The van der Waals surface area contributed by atoms with Gasteiger partial charge in [-0.05, 0) is 44.9 Å². The molecule has 1 saturated carbocycles. The number of imidazole rings is 1. The highest BCUT2D eigenvalue weighted by molar-refractivity contribution is 5.92. The van der Waals surface area contributed by atoms with Crippen LogP contribution < -0.4 is 5.32 Å². The van der Waals surface area contributed by atoms with Gasteiger partial charge in [0, 0.05) is 12.0 Å². The third-order valence-corrected chi connectivity index (χ3v) is 3.89. The molecule has 116 valence electrons. The third kappa shape index (κ3) is 2.68. The molecule has 1 amide bonds. The first-order valence-corrected chi connectivity index (χ1v) is 7.49. The molecule has 1 fully saturated rings. The number of carbonyl (C=O) groups is 2. The van der Waals surface area contributed by atoms with E-state index in [0.717, 1.165) is 24.2 Å². The molecule has 6 heteroatoms. The minimum atomic E-state index is -0.968. The van der Waals surface area contributed by atoms with Crippen molar-refractivity contribution in [2.24, 2.45) is 5.92 Å². The molecule has 1 aliphatic carbocycles. The topological polar surface area (TPSA) is 84.2 Å². The van der Waals surface area contributed by atoms with Gasteiger partial charge in [-0.25, -0.2) is 9.78 Å². The molecule has 0 saturated heterocycles. The van der Waals surface area contributed by atoms with Crippen molar-refractivity contribution < 1.29 is 14.7 Å². The highest BCUT2D eigenvalue weighted by Crippen LogP contribution is 2.29. The maximum absolute atomic E-state index is 11.8. The van der Waals surface area contributed by atoms with Crippen molar-refractivity contribution in [3.05, 3.63) is 29.6 Å². The van der Waals surface area contributed by atoms with Crippen LogP contribution in [0.4, 0.5) is 0 Å². The number of hydrogen-bond donors (Lipinski definition) is 2. The van der Waals surface area contributed by atoms with Crippen LogP contribution in [-0.2, 0) is 11.3 Å². The Kier molecular flexibility index (Phi) is 3.60. The Hall–Kier alpha value is -2.37. The van der Waals surface area contributed by atoms with Gasteiger partial charge in [-0.15, -0.1) is 0 Å². The van der Waals surface area contributed by atoms with E-state index in [-0.39, 0.29) is 23.4 Å². The molecule has 2 N–H and O–H groups in total. The molecule has 1 aromatic heterocycles. The van der Waals surface area contributed by atoms with Crippen LogP contribution in [0.2, 0.25) is 0 Å². The predicted octanol–water partition coefficient (Wildman–Crippen LogP) is 2.34. The Morgan fingerprint density at radius 3 is 2.73 bits per heavy atom. The fraction of sp³-hybridized carbons (Fsp3) is 0.438. The number of aromatic nitrogens is 2. The van der Waals surface area contributed by atoms with Crippen LogP contribution in [0.15, 0.2) is 18.2 Å². The van der Waals surface area contributed by atoms with Gasteiger partial charge < -0.3 is 15.0 Å². The Morgan fingerprint density at radius 2 is 2.14 bits per heavy atom. The molecular weight excluding hydrogens is 282 g/mol. The lowest BCUT2D eigenvalue weighted by Gasteiger charge is -2.13. The molecule has 3 rings (SSSR count). The average molecular weight is 301 g/mol. The van der Waals surface area contributed by atoms with Crippen LogP contribution in [0.25, 0.3) is 11.0 Å². The Morgan fingerprint density at radius 1 is 1.41 bits per heavy atom. The normalized spacial score (nSPS) is 14.5. The molecular formula is C16H19N3O3. The van der Waals surface area contributed by atoms with Crippen molar-refractivity contribution in [1.82, 2.24) is 14.9 Å². The van der Waals surface area contributed by atoms with E-state index in [2.05, 4.69) is 10.3 Å². The van der Waals surface area contributed by atoms with E-state index in [9.17, 15) is 9.59 Å². The fourth-order valence-electron chi connectivity index (χ4n) is 2.64. The van der Waals surface area contributed by atoms with Gasteiger partial charge in [-0.3, -0.25) is 4.79 Å². The van der Waals surface area contributed by atoms with Crippen molar-refractivity contribution in [2.75, 3.05) is 0 Å². The van der Waals surface area contributed by atoms with Gasteiger partial charge in [0.2, 0.25) is 5.91 Å². The molecule has 1 aliphatic rings. The summed E-state index contributed by atoms with van der Waals surface area (Å²) in [4.78, 5) is 27.4. The minimum Gasteiger partial charge on any atom is -0.478 e. The third-order valence-electron chi connectivity index (χ3n) is 3.89. The molecule has 0 spiro atoms. The van der Waals surface area contributed by atoms with E-state index in [1.165, 1.54) is 0 Å². The van der Waals surface area contributed by atoms with E-state index in [1.54, 1.807) is 18.2 Å². The summed E-state index contributed by atoms with van der Waals surface area (Å²) in [5.41, 5.74) is 1.74. The second-order valence-electron chi connectivity index (χ2n) is 5.99. The minimum absolute atomic E-state index is 0.0774. The zero-order valence-electron chi connectivity index (χ0n) is 12.7. The van der Waals surface area contributed by atoms with Crippen LogP contribution in [0, 0.1) is 5.92 Å². The van der Waals surface area contributed by atoms with Gasteiger partial charge >= 0.3 is 5.97 Å². The van der Waals surface area contributed by atoms with Crippen molar-refractivity contribution in [3.8, 4) is 0 Å². The molecule has 0 bridgehead atoms. The van der Waals surface area contributed by atoms with E-state index < -0.39 is 5.97 Å². The molecule has 0 aliphatic heterocycles. The molecule has 2 aromatic rings. The van der Waals surface area contributed by atoms with Gasteiger partial charge in [0.05, 0.1) is 23.1 Å². The maximum Gasteiger partial charge on any atom is 0.335 e. The van der Waals surface area contributed by atoms with Crippen LogP contribution >= 0.6 is 0 Å².